The number of anilines is 1. The van der Waals surface area contributed by atoms with Gasteiger partial charge >= 0.3 is 0 Å². The lowest BCUT2D eigenvalue weighted by Crippen LogP contribution is -2.32. The first-order valence-corrected chi connectivity index (χ1v) is 11.6. The van der Waals surface area contributed by atoms with Gasteiger partial charge in [-0.05, 0) is 47.6 Å². The molecule has 0 aromatic heterocycles. The van der Waals surface area contributed by atoms with Crippen LogP contribution in [0.3, 0.4) is 0 Å². The van der Waals surface area contributed by atoms with Crippen LogP contribution in [0.25, 0.3) is 0 Å². The molecule has 2 aromatic carbocycles. The summed E-state index contributed by atoms with van der Waals surface area (Å²) in [6.07, 6.45) is 1.05. The summed E-state index contributed by atoms with van der Waals surface area (Å²) in [4.78, 5) is 11.5. The summed E-state index contributed by atoms with van der Waals surface area (Å²) < 4.78 is 34.3. The molecule has 0 fully saturated rings. The van der Waals surface area contributed by atoms with Gasteiger partial charge in [-0.1, -0.05) is 52.0 Å². The molecule has 0 unspecified atom stereocenters. The Bertz CT molecular complexity index is 969. The molecule has 0 aliphatic heterocycles. The Morgan fingerprint density at radius 2 is 1.63 bits per heavy atom. The number of sulfonamides is 1. The van der Waals surface area contributed by atoms with Gasteiger partial charge in [0.1, 0.15) is 5.75 Å². The second kappa shape index (κ2) is 10.1. The van der Waals surface area contributed by atoms with E-state index in [0.29, 0.717) is 17.4 Å². The summed E-state index contributed by atoms with van der Waals surface area (Å²) in [5.41, 5.74) is 2.46. The minimum Gasteiger partial charge on any atom is -0.495 e. The number of carbonyl (C=O) groups excluding carboxylic acids is 1. The Morgan fingerprint density at radius 1 is 1.03 bits per heavy atom. The number of rotatable bonds is 9. The van der Waals surface area contributed by atoms with Crippen LogP contribution < -0.4 is 14.8 Å². The van der Waals surface area contributed by atoms with Crippen LogP contribution in [0.5, 0.6) is 5.75 Å². The van der Waals surface area contributed by atoms with E-state index in [4.69, 9.17) is 4.74 Å². The normalized spacial score (nSPS) is 13.7. The molecule has 0 saturated heterocycles. The number of benzene rings is 2. The zero-order valence-corrected chi connectivity index (χ0v) is 19.3. The van der Waals surface area contributed by atoms with Gasteiger partial charge in [-0.15, -0.1) is 0 Å². The van der Waals surface area contributed by atoms with E-state index in [-0.39, 0.29) is 22.8 Å². The van der Waals surface area contributed by atoms with Gasteiger partial charge in [0.2, 0.25) is 15.9 Å². The summed E-state index contributed by atoms with van der Waals surface area (Å²) in [7, 11) is -2.36. The van der Waals surface area contributed by atoms with Crippen molar-refractivity contribution in [2.45, 2.75) is 57.9 Å². The third kappa shape index (κ3) is 5.83. The fourth-order valence-electron chi connectivity index (χ4n) is 3.23. The monoisotopic (exact) mass is 432 g/mol. The zero-order chi connectivity index (χ0) is 22.5. The molecule has 0 radical (unpaired) electrons. The van der Waals surface area contributed by atoms with Crippen LogP contribution in [0.2, 0.25) is 0 Å². The first kappa shape index (κ1) is 23.9. The largest absolute Gasteiger partial charge is 0.495 e. The van der Waals surface area contributed by atoms with Crippen molar-refractivity contribution >= 4 is 21.6 Å². The molecule has 7 heteroatoms. The van der Waals surface area contributed by atoms with E-state index in [1.165, 1.54) is 37.8 Å². The summed E-state index contributed by atoms with van der Waals surface area (Å²) >= 11 is 0. The molecule has 2 rings (SSSR count). The van der Waals surface area contributed by atoms with E-state index in [1.807, 2.05) is 26.0 Å². The number of methoxy groups -OCH3 is 1. The highest BCUT2D eigenvalue weighted by Gasteiger charge is 2.25. The fourth-order valence-corrected chi connectivity index (χ4v) is 4.63. The first-order valence-electron chi connectivity index (χ1n) is 10.2. The highest BCUT2D eigenvalue weighted by atomic mass is 32.2. The molecule has 0 heterocycles. The molecule has 0 bridgehead atoms. The quantitative estimate of drug-likeness (QED) is 0.594. The lowest BCUT2D eigenvalue weighted by Gasteiger charge is -2.24. The van der Waals surface area contributed by atoms with Gasteiger partial charge in [0.05, 0.1) is 17.7 Å². The highest BCUT2D eigenvalue weighted by Crippen LogP contribution is 2.30. The van der Waals surface area contributed by atoms with Crippen molar-refractivity contribution in [2.75, 3.05) is 12.4 Å². The van der Waals surface area contributed by atoms with Crippen molar-refractivity contribution < 1.29 is 17.9 Å². The lowest BCUT2D eigenvalue weighted by molar-refractivity contribution is -0.114. The van der Waals surface area contributed by atoms with Crippen LogP contribution in [0.4, 0.5) is 5.69 Å². The molecule has 0 spiro atoms. The van der Waals surface area contributed by atoms with Gasteiger partial charge in [-0.2, -0.15) is 0 Å². The van der Waals surface area contributed by atoms with Gasteiger partial charge in [0, 0.05) is 13.0 Å². The molecule has 2 N–H and O–H groups in total. The molecule has 164 valence electrons. The molecule has 2 aromatic rings. The Labute approximate surface area is 180 Å². The van der Waals surface area contributed by atoms with E-state index in [1.54, 1.807) is 0 Å². The molecule has 0 aliphatic carbocycles. The van der Waals surface area contributed by atoms with Gasteiger partial charge in [-0.3, -0.25) is 4.79 Å². The molecule has 0 saturated carbocycles. The van der Waals surface area contributed by atoms with Gasteiger partial charge in [-0.25, -0.2) is 13.1 Å². The van der Waals surface area contributed by atoms with Crippen LogP contribution in [-0.2, 0) is 14.8 Å². The maximum Gasteiger partial charge on any atom is 0.241 e. The molecule has 30 heavy (non-hydrogen) atoms. The zero-order valence-electron chi connectivity index (χ0n) is 18.5. The van der Waals surface area contributed by atoms with Crippen LogP contribution in [0.15, 0.2) is 47.4 Å². The topological polar surface area (TPSA) is 84.5 Å². The predicted molar refractivity (Wildman–Crippen MR) is 120 cm³/mol. The third-order valence-corrected chi connectivity index (χ3v) is 6.66. The van der Waals surface area contributed by atoms with Crippen molar-refractivity contribution in [3.8, 4) is 5.75 Å². The Hall–Kier alpha value is -2.38. The van der Waals surface area contributed by atoms with Gasteiger partial charge in [0.15, 0.2) is 0 Å². The Kier molecular flexibility index (Phi) is 8.03. The molecule has 0 aliphatic rings. The minimum absolute atomic E-state index is 0.0438. The second-order valence-electron chi connectivity index (χ2n) is 7.86. The SMILES string of the molecule is CC[C@H](C)c1ccc([C@H](NS(=O)(=O)c2ccc(OC)c(NC(C)=O)c2)C(C)C)cc1. The van der Waals surface area contributed by atoms with Crippen LogP contribution in [0, 0.1) is 5.92 Å². The summed E-state index contributed by atoms with van der Waals surface area (Å²) in [5, 5.41) is 2.61. The van der Waals surface area contributed by atoms with Crippen molar-refractivity contribution in [1.29, 1.82) is 0 Å². The average molecular weight is 433 g/mol. The second-order valence-corrected chi connectivity index (χ2v) is 9.58. The molecular formula is C23H32N2O4S. The molecule has 1 amide bonds. The molecule has 2 atom stereocenters. The van der Waals surface area contributed by atoms with Crippen LogP contribution in [-0.4, -0.2) is 21.4 Å². The number of nitrogens with one attached hydrogen (secondary N) is 2. The van der Waals surface area contributed by atoms with E-state index < -0.39 is 10.0 Å². The van der Waals surface area contributed by atoms with Gasteiger partial charge < -0.3 is 10.1 Å². The maximum atomic E-state index is 13.1. The maximum absolute atomic E-state index is 13.1. The Morgan fingerprint density at radius 3 is 2.13 bits per heavy atom. The lowest BCUT2D eigenvalue weighted by atomic mass is 9.93. The van der Waals surface area contributed by atoms with Crippen molar-refractivity contribution in [1.82, 2.24) is 4.72 Å². The smallest absolute Gasteiger partial charge is 0.241 e. The summed E-state index contributed by atoms with van der Waals surface area (Å²) in [6.45, 7) is 9.64. The van der Waals surface area contributed by atoms with Crippen molar-refractivity contribution in [2.24, 2.45) is 5.92 Å². The summed E-state index contributed by atoms with van der Waals surface area (Å²) in [6, 6.07) is 12.1. The van der Waals surface area contributed by atoms with Crippen molar-refractivity contribution in [3.63, 3.8) is 0 Å². The van der Waals surface area contributed by atoms with Crippen LogP contribution in [0.1, 0.15) is 64.1 Å². The van der Waals surface area contributed by atoms with Gasteiger partial charge in [0.25, 0.3) is 0 Å². The van der Waals surface area contributed by atoms with E-state index in [2.05, 4.69) is 36.0 Å². The fraction of sp³-hybridized carbons (Fsp3) is 0.435. The number of carbonyl (C=O) groups is 1. The third-order valence-electron chi connectivity index (χ3n) is 5.22. The van der Waals surface area contributed by atoms with Crippen LogP contribution >= 0.6 is 0 Å². The standard InChI is InChI=1S/C23H32N2O4S/c1-7-16(4)18-8-10-19(11-9-18)23(15(2)3)25-30(27,28)20-12-13-22(29-6)21(14-20)24-17(5)26/h8-16,23,25H,7H2,1-6H3,(H,24,26)/t16-,23+/m0/s1. The molecule has 6 nitrogen and oxygen atoms in total. The van der Waals surface area contributed by atoms with E-state index in [0.717, 1.165) is 12.0 Å². The van der Waals surface area contributed by atoms with Crippen molar-refractivity contribution in [3.05, 3.63) is 53.6 Å². The van der Waals surface area contributed by atoms with E-state index >= 15 is 0 Å². The highest BCUT2D eigenvalue weighted by molar-refractivity contribution is 7.89. The summed E-state index contributed by atoms with van der Waals surface area (Å²) in [5.74, 6) is 0.587. The van der Waals surface area contributed by atoms with E-state index in [9.17, 15) is 13.2 Å². The minimum atomic E-state index is -3.82. The predicted octanol–water partition coefficient (Wildman–Crippen LogP) is 4.84. The first-order chi connectivity index (χ1) is 14.1. The molecular weight excluding hydrogens is 400 g/mol. The number of ether oxygens (including phenoxy) is 1. The number of hydrogen-bond donors (Lipinski definition) is 2. The number of hydrogen-bond acceptors (Lipinski definition) is 4. The average Bonchev–Trinajstić information content (AvgIpc) is 2.71. The Balaban J connectivity index is 2.35. The number of amides is 1.